The normalized spacial score (nSPS) is 20.7. The van der Waals surface area contributed by atoms with E-state index >= 15 is 0 Å². The van der Waals surface area contributed by atoms with Gasteiger partial charge in [-0.3, -0.25) is 4.79 Å². The van der Waals surface area contributed by atoms with Crippen LogP contribution in [0.15, 0.2) is 30.6 Å². The zero-order valence-corrected chi connectivity index (χ0v) is 15.4. The second kappa shape index (κ2) is 7.39. The number of hydrogen-bond acceptors (Lipinski definition) is 5. The SMILES string of the molecule is C[C@@H](Oc1cccc(C#N)c1)C(=O)N1CCC[C@H](c2nncn2C2CC2)C1. The summed E-state index contributed by atoms with van der Waals surface area (Å²) in [5.74, 6) is 1.74. The van der Waals surface area contributed by atoms with E-state index in [1.54, 1.807) is 31.2 Å². The van der Waals surface area contributed by atoms with Gasteiger partial charge in [-0.05, 0) is 50.8 Å². The predicted molar refractivity (Wildman–Crippen MR) is 98.1 cm³/mol. The van der Waals surface area contributed by atoms with Crippen molar-refractivity contribution < 1.29 is 9.53 Å². The van der Waals surface area contributed by atoms with Crippen LogP contribution in [0.1, 0.15) is 56.0 Å². The van der Waals surface area contributed by atoms with E-state index in [0.29, 0.717) is 23.9 Å². The summed E-state index contributed by atoms with van der Waals surface area (Å²) < 4.78 is 7.98. The van der Waals surface area contributed by atoms with Crippen molar-refractivity contribution in [3.05, 3.63) is 42.0 Å². The Hall–Kier alpha value is -2.88. The van der Waals surface area contributed by atoms with Gasteiger partial charge in [-0.2, -0.15) is 5.26 Å². The zero-order valence-electron chi connectivity index (χ0n) is 15.4. The Kier molecular flexibility index (Phi) is 4.80. The van der Waals surface area contributed by atoms with Crippen LogP contribution in [0.3, 0.4) is 0 Å². The number of ether oxygens (including phenoxy) is 1. The number of piperidine rings is 1. The van der Waals surface area contributed by atoms with Gasteiger partial charge in [0.05, 0.1) is 11.6 Å². The molecule has 0 radical (unpaired) electrons. The Morgan fingerprint density at radius 3 is 3.00 bits per heavy atom. The van der Waals surface area contributed by atoms with Gasteiger partial charge < -0.3 is 14.2 Å². The van der Waals surface area contributed by atoms with Gasteiger partial charge in [0.1, 0.15) is 17.9 Å². The van der Waals surface area contributed by atoms with Crippen LogP contribution in [0, 0.1) is 11.3 Å². The maximum absolute atomic E-state index is 12.9. The number of carbonyl (C=O) groups is 1. The van der Waals surface area contributed by atoms with Crippen molar-refractivity contribution in [2.75, 3.05) is 13.1 Å². The first kappa shape index (κ1) is 17.5. The number of aromatic nitrogens is 3. The first-order chi connectivity index (χ1) is 13.2. The first-order valence-electron chi connectivity index (χ1n) is 9.50. The molecule has 1 aliphatic carbocycles. The van der Waals surface area contributed by atoms with Crippen LogP contribution in [-0.4, -0.2) is 44.8 Å². The maximum atomic E-state index is 12.9. The highest BCUT2D eigenvalue weighted by molar-refractivity contribution is 5.81. The van der Waals surface area contributed by atoms with Gasteiger partial charge >= 0.3 is 0 Å². The molecule has 0 bridgehead atoms. The van der Waals surface area contributed by atoms with E-state index in [4.69, 9.17) is 10.00 Å². The lowest BCUT2D eigenvalue weighted by Crippen LogP contribution is -2.45. The molecular weight excluding hydrogens is 342 g/mol. The van der Waals surface area contributed by atoms with Crippen LogP contribution in [-0.2, 0) is 4.79 Å². The molecule has 140 valence electrons. The Morgan fingerprint density at radius 2 is 2.22 bits per heavy atom. The van der Waals surface area contributed by atoms with Gasteiger partial charge in [0, 0.05) is 25.0 Å². The molecule has 1 amide bonds. The minimum absolute atomic E-state index is 0.0282. The average molecular weight is 365 g/mol. The smallest absolute Gasteiger partial charge is 0.263 e. The van der Waals surface area contributed by atoms with Crippen molar-refractivity contribution in [1.29, 1.82) is 5.26 Å². The lowest BCUT2D eigenvalue weighted by molar-refractivity contribution is -0.139. The Bertz CT molecular complexity index is 867. The lowest BCUT2D eigenvalue weighted by atomic mass is 9.96. The van der Waals surface area contributed by atoms with E-state index in [9.17, 15) is 4.79 Å². The van der Waals surface area contributed by atoms with E-state index in [1.807, 2.05) is 11.2 Å². The van der Waals surface area contributed by atoms with Gasteiger partial charge in [0.25, 0.3) is 5.91 Å². The molecule has 0 unspecified atom stereocenters. The van der Waals surface area contributed by atoms with Crippen LogP contribution in [0.2, 0.25) is 0 Å². The monoisotopic (exact) mass is 365 g/mol. The highest BCUT2D eigenvalue weighted by Gasteiger charge is 2.33. The third kappa shape index (κ3) is 3.80. The molecule has 0 N–H and O–H groups in total. The quantitative estimate of drug-likeness (QED) is 0.813. The summed E-state index contributed by atoms with van der Waals surface area (Å²) in [6.07, 6.45) is 5.57. The molecule has 2 heterocycles. The van der Waals surface area contributed by atoms with Gasteiger partial charge in [0.15, 0.2) is 6.10 Å². The van der Waals surface area contributed by atoms with Crippen molar-refractivity contribution >= 4 is 5.91 Å². The maximum Gasteiger partial charge on any atom is 0.263 e. The molecule has 0 spiro atoms. The molecule has 4 rings (SSSR count). The minimum Gasteiger partial charge on any atom is -0.481 e. The highest BCUT2D eigenvalue weighted by atomic mass is 16.5. The minimum atomic E-state index is -0.598. The van der Waals surface area contributed by atoms with E-state index in [2.05, 4.69) is 20.8 Å². The second-order valence-corrected chi connectivity index (χ2v) is 7.35. The third-order valence-corrected chi connectivity index (χ3v) is 5.26. The average Bonchev–Trinajstić information content (AvgIpc) is 3.43. The zero-order chi connectivity index (χ0) is 18.8. The summed E-state index contributed by atoms with van der Waals surface area (Å²) in [6.45, 7) is 3.15. The Morgan fingerprint density at radius 1 is 1.37 bits per heavy atom. The summed E-state index contributed by atoms with van der Waals surface area (Å²) in [5, 5.41) is 17.4. The fraction of sp³-hybridized carbons (Fsp3) is 0.500. The van der Waals surface area contributed by atoms with Gasteiger partial charge in [-0.1, -0.05) is 6.07 Å². The molecule has 1 saturated carbocycles. The molecule has 1 aromatic carbocycles. The molecule has 27 heavy (non-hydrogen) atoms. The Balaban J connectivity index is 1.42. The van der Waals surface area contributed by atoms with Crippen LogP contribution in [0.25, 0.3) is 0 Å². The predicted octanol–water partition coefficient (Wildman–Crippen LogP) is 2.66. The molecular formula is C20H23N5O2. The number of hydrogen-bond donors (Lipinski definition) is 0. The number of amides is 1. The topological polar surface area (TPSA) is 84.0 Å². The summed E-state index contributed by atoms with van der Waals surface area (Å²) >= 11 is 0. The highest BCUT2D eigenvalue weighted by Crippen LogP contribution is 2.38. The number of likely N-dealkylation sites (tertiary alicyclic amines) is 1. The van der Waals surface area contributed by atoms with Crippen LogP contribution in [0.4, 0.5) is 0 Å². The van der Waals surface area contributed by atoms with Crippen molar-refractivity contribution in [2.45, 2.75) is 50.7 Å². The molecule has 1 aliphatic heterocycles. The molecule has 7 heteroatoms. The fourth-order valence-corrected chi connectivity index (χ4v) is 3.72. The molecule has 2 aliphatic rings. The summed E-state index contributed by atoms with van der Waals surface area (Å²) in [6, 6.07) is 9.51. The van der Waals surface area contributed by atoms with Crippen molar-refractivity contribution in [3.8, 4) is 11.8 Å². The number of nitrogens with zero attached hydrogens (tertiary/aromatic N) is 5. The summed E-state index contributed by atoms with van der Waals surface area (Å²) in [7, 11) is 0. The van der Waals surface area contributed by atoms with E-state index < -0.39 is 6.10 Å². The molecule has 1 aromatic heterocycles. The first-order valence-corrected chi connectivity index (χ1v) is 9.50. The lowest BCUT2D eigenvalue weighted by Gasteiger charge is -2.34. The number of carbonyl (C=O) groups excluding carboxylic acids is 1. The molecule has 2 atom stereocenters. The molecule has 1 saturated heterocycles. The molecule has 2 fully saturated rings. The van der Waals surface area contributed by atoms with Gasteiger partial charge in [0.2, 0.25) is 0 Å². The van der Waals surface area contributed by atoms with E-state index in [-0.39, 0.29) is 11.8 Å². The second-order valence-electron chi connectivity index (χ2n) is 7.35. The van der Waals surface area contributed by atoms with Crippen LogP contribution in [0.5, 0.6) is 5.75 Å². The Labute approximate surface area is 158 Å². The number of benzene rings is 1. The van der Waals surface area contributed by atoms with Crippen LogP contribution >= 0.6 is 0 Å². The van der Waals surface area contributed by atoms with E-state index in [0.717, 1.165) is 25.2 Å². The van der Waals surface area contributed by atoms with Crippen molar-refractivity contribution in [1.82, 2.24) is 19.7 Å². The van der Waals surface area contributed by atoms with Crippen LogP contribution < -0.4 is 4.74 Å². The summed E-state index contributed by atoms with van der Waals surface area (Å²) in [5.41, 5.74) is 0.518. The van der Waals surface area contributed by atoms with Crippen molar-refractivity contribution in [2.24, 2.45) is 0 Å². The third-order valence-electron chi connectivity index (χ3n) is 5.26. The molecule has 2 aromatic rings. The molecule has 7 nitrogen and oxygen atoms in total. The number of nitriles is 1. The summed E-state index contributed by atoms with van der Waals surface area (Å²) in [4.78, 5) is 14.8. The van der Waals surface area contributed by atoms with Gasteiger partial charge in [-0.15, -0.1) is 10.2 Å². The fourth-order valence-electron chi connectivity index (χ4n) is 3.72. The standard InChI is InChI=1S/C20H23N5O2/c1-14(27-18-6-2-4-15(10-18)11-21)20(26)24-9-3-5-16(12-24)19-23-22-13-25(19)17-7-8-17/h2,4,6,10,13-14,16-17H,3,5,7-9,12H2,1H3/t14-,16+/m1/s1. The largest absolute Gasteiger partial charge is 0.481 e. The van der Waals surface area contributed by atoms with E-state index in [1.165, 1.54) is 12.8 Å². The van der Waals surface area contributed by atoms with Crippen molar-refractivity contribution in [3.63, 3.8) is 0 Å². The van der Waals surface area contributed by atoms with Gasteiger partial charge in [-0.25, -0.2) is 0 Å². The number of rotatable bonds is 5.